The van der Waals surface area contributed by atoms with Gasteiger partial charge in [0.05, 0.1) is 33.1 Å². The molecule has 0 spiro atoms. The van der Waals surface area contributed by atoms with Crippen molar-refractivity contribution < 1.29 is 9.47 Å². The molecule has 13 aromatic rings. The molecular formula is C64H51N7O2. The molecule has 0 unspecified atom stereocenters. The van der Waals surface area contributed by atoms with E-state index in [4.69, 9.17) is 29.4 Å². The summed E-state index contributed by atoms with van der Waals surface area (Å²) in [4.78, 5) is 19.8. The van der Waals surface area contributed by atoms with E-state index in [0.29, 0.717) is 28.9 Å². The lowest BCUT2D eigenvalue weighted by Crippen LogP contribution is -2.16. The zero-order valence-corrected chi connectivity index (χ0v) is 41.5. The maximum absolute atomic E-state index is 6.80. The summed E-state index contributed by atoms with van der Waals surface area (Å²) in [5.74, 6) is 4.98. The van der Waals surface area contributed by atoms with Crippen molar-refractivity contribution in [2.45, 2.75) is 52.4 Å². The van der Waals surface area contributed by atoms with E-state index >= 15 is 0 Å². The molecule has 0 fully saturated rings. The van der Waals surface area contributed by atoms with Crippen LogP contribution in [0, 0.1) is 0 Å². The minimum absolute atomic E-state index is 0.0358. The smallest absolute Gasteiger partial charge is 0.234 e. The van der Waals surface area contributed by atoms with Crippen molar-refractivity contribution in [3.05, 3.63) is 212 Å². The van der Waals surface area contributed by atoms with Crippen LogP contribution in [0.3, 0.4) is 0 Å². The molecule has 9 heteroatoms. The molecule has 6 heterocycles. The number of ether oxygens (including phenoxy) is 2. The van der Waals surface area contributed by atoms with Crippen LogP contribution < -0.4 is 9.47 Å². The van der Waals surface area contributed by atoms with Crippen molar-refractivity contribution in [3.8, 4) is 51.7 Å². The molecule has 6 aromatic heterocycles. The largest absolute Gasteiger partial charge is 0.457 e. The Morgan fingerprint density at radius 2 is 0.699 bits per heavy atom. The number of hydrogen-bond acceptors (Lipinski definition) is 6. The van der Waals surface area contributed by atoms with E-state index in [1.807, 2.05) is 85.5 Å². The van der Waals surface area contributed by atoms with Crippen LogP contribution in [0.4, 0.5) is 0 Å². The summed E-state index contributed by atoms with van der Waals surface area (Å²) in [6, 6.07) is 60.8. The average Bonchev–Trinajstić information content (AvgIpc) is 4.03. The van der Waals surface area contributed by atoms with Crippen LogP contribution in [0.2, 0.25) is 0 Å². The Morgan fingerprint density at radius 3 is 1.08 bits per heavy atom. The lowest BCUT2D eigenvalue weighted by Gasteiger charge is -2.26. The van der Waals surface area contributed by atoms with Gasteiger partial charge in [-0.25, -0.2) is 19.9 Å². The second-order valence-electron chi connectivity index (χ2n) is 20.9. The first-order valence-electron chi connectivity index (χ1n) is 24.7. The van der Waals surface area contributed by atoms with Crippen LogP contribution in [0.25, 0.3) is 94.1 Å². The average molecular weight is 950 g/mol. The summed E-state index contributed by atoms with van der Waals surface area (Å²) >= 11 is 0. The molecule has 0 saturated carbocycles. The third-order valence-electron chi connectivity index (χ3n) is 14.1. The number of nitrogens with zero attached hydrogens (tertiary/aromatic N) is 7. The number of aromatic nitrogens is 7. The predicted octanol–water partition coefficient (Wildman–Crippen LogP) is 16.4. The van der Waals surface area contributed by atoms with Crippen LogP contribution in [-0.4, -0.2) is 33.6 Å². The summed E-state index contributed by atoms with van der Waals surface area (Å²) in [5, 5.41) is 6.61. The Bertz CT molecular complexity index is 4020. The standard InChI is InChI=1S/C64H51N7O2/c1-63(2,3)42-31-40(32-43(33-42)64(4,5)6)41-38-67-62(68-39-41)71-58-36-46(72-44-21-25-50-48-15-7-9-17-54(48)69(56(50)34-44)60-19-11-13-29-65-60)23-27-52(58)53-28-24-47(37-59(53)71)73-45-22-26-51-49-16-8-10-18-55(49)70(57(51)35-45)61-20-12-14-30-66-61/h7-39H,1-6H3. The van der Waals surface area contributed by atoms with Crippen molar-refractivity contribution in [1.29, 1.82) is 0 Å². The fourth-order valence-electron chi connectivity index (χ4n) is 10.3. The Labute approximate surface area is 422 Å². The minimum atomic E-state index is -0.0358. The fourth-order valence-corrected chi connectivity index (χ4v) is 10.3. The van der Waals surface area contributed by atoms with Crippen molar-refractivity contribution in [2.24, 2.45) is 0 Å². The zero-order valence-electron chi connectivity index (χ0n) is 41.5. The lowest BCUT2D eigenvalue weighted by molar-refractivity contribution is 0.484. The van der Waals surface area contributed by atoms with Gasteiger partial charge in [-0.2, -0.15) is 0 Å². The second-order valence-corrected chi connectivity index (χ2v) is 20.9. The van der Waals surface area contributed by atoms with Crippen molar-refractivity contribution in [2.75, 3.05) is 0 Å². The van der Waals surface area contributed by atoms with Gasteiger partial charge in [0.15, 0.2) is 0 Å². The Kier molecular flexibility index (Phi) is 10.1. The molecule has 0 aliphatic rings. The summed E-state index contributed by atoms with van der Waals surface area (Å²) in [5.41, 5.74) is 10.5. The van der Waals surface area contributed by atoms with Gasteiger partial charge in [0.25, 0.3) is 0 Å². The molecular weight excluding hydrogens is 899 g/mol. The van der Waals surface area contributed by atoms with E-state index in [1.165, 1.54) is 11.1 Å². The molecule has 7 aromatic carbocycles. The highest BCUT2D eigenvalue weighted by molar-refractivity contribution is 6.11. The molecule has 73 heavy (non-hydrogen) atoms. The van der Waals surface area contributed by atoms with Gasteiger partial charge in [0.2, 0.25) is 5.95 Å². The number of hydrogen-bond donors (Lipinski definition) is 0. The number of pyridine rings is 2. The molecule has 0 bridgehead atoms. The van der Waals surface area contributed by atoms with Gasteiger partial charge in [-0.05, 0) is 112 Å². The molecule has 0 amide bonds. The molecule has 354 valence electrons. The maximum Gasteiger partial charge on any atom is 0.234 e. The van der Waals surface area contributed by atoms with Crippen LogP contribution in [-0.2, 0) is 10.8 Å². The molecule has 9 nitrogen and oxygen atoms in total. The van der Waals surface area contributed by atoms with Crippen LogP contribution in [0.15, 0.2) is 201 Å². The zero-order chi connectivity index (χ0) is 49.6. The van der Waals surface area contributed by atoms with E-state index in [2.05, 4.69) is 171 Å². The normalized spacial score (nSPS) is 12.2. The summed E-state index contributed by atoms with van der Waals surface area (Å²) < 4.78 is 20.1. The van der Waals surface area contributed by atoms with Crippen LogP contribution >= 0.6 is 0 Å². The Balaban J connectivity index is 0.938. The first kappa shape index (κ1) is 43.9. The highest BCUT2D eigenvalue weighted by Crippen LogP contribution is 2.41. The van der Waals surface area contributed by atoms with Crippen LogP contribution in [0.1, 0.15) is 52.7 Å². The van der Waals surface area contributed by atoms with Gasteiger partial charge in [0, 0.05) is 86.9 Å². The number of benzene rings is 7. The van der Waals surface area contributed by atoms with E-state index in [-0.39, 0.29) is 10.8 Å². The SMILES string of the molecule is CC(C)(C)c1cc(-c2cnc(-n3c4cc(Oc5ccc6c7ccccc7n(-c7ccccn7)c6c5)ccc4c4ccc(Oc5ccc6c7ccccc7n(-c7ccccn7)c6c5)cc43)nc2)cc(C(C)(C)C)c1. The number of fused-ring (bicyclic) bond motifs is 9. The number of para-hydroxylation sites is 2. The van der Waals surface area contributed by atoms with E-state index in [0.717, 1.165) is 88.2 Å². The highest BCUT2D eigenvalue weighted by Gasteiger charge is 2.23. The maximum atomic E-state index is 6.80. The fraction of sp³-hybridized carbons (Fsp3) is 0.125. The summed E-state index contributed by atoms with van der Waals surface area (Å²) in [6.07, 6.45) is 7.54. The van der Waals surface area contributed by atoms with E-state index in [9.17, 15) is 0 Å². The Hall–Kier alpha value is -9.08. The van der Waals surface area contributed by atoms with Gasteiger partial charge in [0.1, 0.15) is 34.6 Å². The third-order valence-corrected chi connectivity index (χ3v) is 14.1. The first-order chi connectivity index (χ1) is 35.4. The van der Waals surface area contributed by atoms with Gasteiger partial charge in [-0.3, -0.25) is 13.7 Å². The minimum Gasteiger partial charge on any atom is -0.457 e. The first-order valence-corrected chi connectivity index (χ1v) is 24.7. The van der Waals surface area contributed by atoms with Crippen molar-refractivity contribution in [3.63, 3.8) is 0 Å². The van der Waals surface area contributed by atoms with Gasteiger partial charge in [-0.15, -0.1) is 0 Å². The van der Waals surface area contributed by atoms with E-state index in [1.54, 1.807) is 0 Å². The molecule has 0 aliphatic carbocycles. The third kappa shape index (κ3) is 7.63. The highest BCUT2D eigenvalue weighted by atomic mass is 16.5. The molecule has 0 aliphatic heterocycles. The Morgan fingerprint density at radius 1 is 0.329 bits per heavy atom. The summed E-state index contributed by atoms with van der Waals surface area (Å²) in [6.45, 7) is 13.6. The van der Waals surface area contributed by atoms with E-state index < -0.39 is 0 Å². The van der Waals surface area contributed by atoms with Gasteiger partial charge >= 0.3 is 0 Å². The van der Waals surface area contributed by atoms with Gasteiger partial charge < -0.3 is 9.47 Å². The lowest BCUT2D eigenvalue weighted by atomic mass is 9.79. The van der Waals surface area contributed by atoms with Crippen molar-refractivity contribution >= 4 is 65.4 Å². The topological polar surface area (TPSA) is 84.8 Å². The monoisotopic (exact) mass is 949 g/mol. The van der Waals surface area contributed by atoms with Crippen LogP contribution in [0.5, 0.6) is 23.0 Å². The molecule has 0 radical (unpaired) electrons. The van der Waals surface area contributed by atoms with Gasteiger partial charge in [-0.1, -0.05) is 108 Å². The molecule has 0 atom stereocenters. The second kappa shape index (κ2) is 16.8. The molecule has 13 rings (SSSR count). The van der Waals surface area contributed by atoms with Crippen molar-refractivity contribution in [1.82, 2.24) is 33.6 Å². The predicted molar refractivity (Wildman–Crippen MR) is 297 cm³/mol. The molecule has 0 saturated heterocycles. The number of rotatable bonds is 8. The molecule has 0 N–H and O–H groups in total. The quantitative estimate of drug-likeness (QED) is 0.151. The summed E-state index contributed by atoms with van der Waals surface area (Å²) in [7, 11) is 0.